The lowest BCUT2D eigenvalue weighted by Gasteiger charge is -2.21. The number of benzene rings is 1. The van der Waals surface area contributed by atoms with Crippen LogP contribution in [-0.2, 0) is 6.54 Å². The number of hydrogen-bond donors (Lipinski definition) is 1. The quantitative estimate of drug-likeness (QED) is 0.382. The van der Waals surface area contributed by atoms with Gasteiger partial charge in [0.2, 0.25) is 0 Å². The van der Waals surface area contributed by atoms with Crippen LogP contribution in [0.3, 0.4) is 0 Å². The number of thiazole rings is 1. The normalized spacial score (nSPS) is 14.4. The van der Waals surface area contributed by atoms with Crippen molar-refractivity contribution < 1.29 is 9.53 Å². The lowest BCUT2D eigenvalue weighted by Crippen LogP contribution is -2.30. The van der Waals surface area contributed by atoms with Crippen molar-refractivity contribution >= 4 is 17.2 Å². The van der Waals surface area contributed by atoms with E-state index < -0.39 is 0 Å². The van der Waals surface area contributed by atoms with Gasteiger partial charge >= 0.3 is 0 Å². The van der Waals surface area contributed by atoms with E-state index in [4.69, 9.17) is 9.72 Å². The third kappa shape index (κ3) is 5.49. The molecule has 0 aliphatic heterocycles. The molecule has 0 radical (unpaired) electrons. The Morgan fingerprint density at radius 3 is 2.67 bits per heavy atom. The number of carbonyl (C=O) groups excluding carboxylic acids is 1. The Morgan fingerprint density at radius 1 is 1.21 bits per heavy atom. The number of ether oxygens (including phenoxy) is 1. The zero-order valence-electron chi connectivity index (χ0n) is 20.0. The minimum Gasteiger partial charge on any atom is -0.497 e. The van der Waals surface area contributed by atoms with Gasteiger partial charge in [-0.05, 0) is 62.4 Å². The Morgan fingerprint density at radius 2 is 1.97 bits per heavy atom. The molecule has 2 aromatic heterocycles. The molecule has 4 rings (SSSR count). The molecule has 0 atom stereocenters. The number of carbonyl (C=O) groups is 1. The van der Waals surface area contributed by atoms with E-state index in [1.807, 2.05) is 30.3 Å². The van der Waals surface area contributed by atoms with E-state index in [0.717, 1.165) is 64.9 Å². The molecule has 176 valence electrons. The zero-order chi connectivity index (χ0) is 23.2. The molecule has 1 aliphatic carbocycles. The first kappa shape index (κ1) is 23.6. The van der Waals surface area contributed by atoms with E-state index in [9.17, 15) is 4.79 Å². The van der Waals surface area contributed by atoms with Gasteiger partial charge in [-0.15, -0.1) is 11.3 Å². The fourth-order valence-electron chi connectivity index (χ4n) is 4.67. The van der Waals surface area contributed by atoms with E-state index >= 15 is 0 Å². The lowest BCUT2D eigenvalue weighted by atomic mass is 9.89. The number of hydrogen-bond acceptors (Lipinski definition) is 4. The second kappa shape index (κ2) is 11.0. The lowest BCUT2D eigenvalue weighted by molar-refractivity contribution is 0.0943. The van der Waals surface area contributed by atoms with E-state index in [-0.39, 0.29) is 5.91 Å². The van der Waals surface area contributed by atoms with Crippen molar-refractivity contribution in [3.8, 4) is 27.7 Å². The SMILES string of the molecule is CCCCn1c(-c2csc(-c3ccc(OC)cc3)n2)cc(C(=O)NCC2CCCCC2)c1C. The molecule has 0 saturated heterocycles. The van der Waals surface area contributed by atoms with Crippen LogP contribution in [0, 0.1) is 12.8 Å². The topological polar surface area (TPSA) is 56.2 Å². The molecule has 3 aromatic rings. The van der Waals surface area contributed by atoms with Crippen molar-refractivity contribution in [3.05, 3.63) is 47.0 Å². The molecule has 1 fully saturated rings. The third-order valence-corrected chi connectivity index (χ3v) is 7.62. The van der Waals surface area contributed by atoms with Crippen LogP contribution in [0.15, 0.2) is 35.7 Å². The predicted octanol–water partition coefficient (Wildman–Crippen LogP) is 6.71. The second-order valence-electron chi connectivity index (χ2n) is 9.01. The number of nitrogens with one attached hydrogen (secondary N) is 1. The van der Waals surface area contributed by atoms with Crippen LogP contribution in [0.25, 0.3) is 22.0 Å². The van der Waals surface area contributed by atoms with Gasteiger partial charge in [0, 0.05) is 29.7 Å². The van der Waals surface area contributed by atoms with Crippen LogP contribution in [0.4, 0.5) is 0 Å². The Balaban J connectivity index is 1.57. The van der Waals surface area contributed by atoms with Crippen molar-refractivity contribution in [2.24, 2.45) is 5.92 Å². The average molecular weight is 466 g/mol. The van der Waals surface area contributed by atoms with Gasteiger partial charge in [-0.1, -0.05) is 32.6 Å². The summed E-state index contributed by atoms with van der Waals surface area (Å²) in [6.07, 6.45) is 8.55. The Hall–Kier alpha value is -2.60. The molecule has 1 aromatic carbocycles. The van der Waals surface area contributed by atoms with Crippen molar-refractivity contribution in [3.63, 3.8) is 0 Å². The van der Waals surface area contributed by atoms with Gasteiger partial charge in [-0.3, -0.25) is 4.79 Å². The summed E-state index contributed by atoms with van der Waals surface area (Å²) >= 11 is 1.63. The van der Waals surface area contributed by atoms with E-state index in [2.05, 4.69) is 29.1 Å². The first-order chi connectivity index (χ1) is 16.1. The van der Waals surface area contributed by atoms with E-state index in [1.165, 1.54) is 32.1 Å². The number of rotatable bonds is 9. The van der Waals surface area contributed by atoms with Gasteiger partial charge in [-0.25, -0.2) is 4.98 Å². The maximum Gasteiger partial charge on any atom is 0.253 e. The zero-order valence-corrected chi connectivity index (χ0v) is 20.8. The smallest absolute Gasteiger partial charge is 0.253 e. The fourth-order valence-corrected chi connectivity index (χ4v) is 5.49. The molecule has 1 amide bonds. The first-order valence-corrected chi connectivity index (χ1v) is 13.1. The number of nitrogens with zero attached hydrogens (tertiary/aromatic N) is 2. The highest BCUT2D eigenvalue weighted by Crippen LogP contribution is 2.32. The summed E-state index contributed by atoms with van der Waals surface area (Å²) in [5, 5.41) is 6.28. The maximum absolute atomic E-state index is 13.1. The third-order valence-electron chi connectivity index (χ3n) is 6.73. The number of unbranched alkanes of at least 4 members (excludes halogenated alkanes) is 1. The second-order valence-corrected chi connectivity index (χ2v) is 9.87. The molecule has 0 spiro atoms. The van der Waals surface area contributed by atoms with Gasteiger partial charge in [0.15, 0.2) is 0 Å². The van der Waals surface area contributed by atoms with Gasteiger partial charge in [0.25, 0.3) is 5.91 Å². The van der Waals surface area contributed by atoms with Gasteiger partial charge in [-0.2, -0.15) is 0 Å². The Bertz CT molecular complexity index is 1060. The summed E-state index contributed by atoms with van der Waals surface area (Å²) in [5.74, 6) is 1.50. The van der Waals surface area contributed by atoms with Crippen molar-refractivity contribution in [1.29, 1.82) is 0 Å². The monoisotopic (exact) mass is 465 g/mol. The molecule has 0 unspecified atom stereocenters. The van der Waals surface area contributed by atoms with Crippen LogP contribution < -0.4 is 10.1 Å². The highest BCUT2D eigenvalue weighted by molar-refractivity contribution is 7.13. The van der Waals surface area contributed by atoms with Gasteiger partial charge < -0.3 is 14.6 Å². The number of aromatic nitrogens is 2. The summed E-state index contributed by atoms with van der Waals surface area (Å²) in [7, 11) is 1.67. The Labute approximate surface area is 201 Å². The Kier molecular flexibility index (Phi) is 7.86. The van der Waals surface area contributed by atoms with E-state index in [0.29, 0.717) is 5.92 Å². The highest BCUT2D eigenvalue weighted by Gasteiger charge is 2.21. The van der Waals surface area contributed by atoms with Crippen LogP contribution in [0.5, 0.6) is 5.75 Å². The summed E-state index contributed by atoms with van der Waals surface area (Å²) in [4.78, 5) is 18.0. The van der Waals surface area contributed by atoms with Crippen LogP contribution >= 0.6 is 11.3 Å². The standard InChI is InChI=1S/C27H35N3O2S/c1-4-5-15-30-19(2)23(26(31)28-17-20-9-7-6-8-10-20)16-25(30)24-18-33-27(29-24)21-11-13-22(32-3)14-12-21/h11-14,16,18,20H,4-10,15,17H2,1-3H3,(H,28,31). The fraction of sp³-hybridized carbons (Fsp3) is 0.481. The summed E-state index contributed by atoms with van der Waals surface area (Å²) in [6, 6.07) is 10.0. The average Bonchev–Trinajstić information content (AvgIpc) is 3.47. The molecule has 6 heteroatoms. The molecule has 5 nitrogen and oxygen atoms in total. The molecule has 2 heterocycles. The van der Waals surface area contributed by atoms with Gasteiger partial charge in [0.1, 0.15) is 10.8 Å². The molecular weight excluding hydrogens is 430 g/mol. The molecule has 33 heavy (non-hydrogen) atoms. The number of methoxy groups -OCH3 is 1. The van der Waals surface area contributed by atoms with Crippen LogP contribution in [-0.4, -0.2) is 29.1 Å². The molecule has 1 saturated carbocycles. The molecular formula is C27H35N3O2S. The summed E-state index contributed by atoms with van der Waals surface area (Å²) < 4.78 is 7.54. The molecule has 1 aliphatic rings. The molecule has 1 N–H and O–H groups in total. The minimum atomic E-state index is 0.0418. The van der Waals surface area contributed by atoms with Gasteiger partial charge in [0.05, 0.1) is 24.1 Å². The van der Waals surface area contributed by atoms with Crippen molar-refractivity contribution in [2.45, 2.75) is 65.3 Å². The minimum absolute atomic E-state index is 0.0418. The van der Waals surface area contributed by atoms with Crippen LogP contribution in [0.2, 0.25) is 0 Å². The summed E-state index contributed by atoms with van der Waals surface area (Å²) in [5.41, 5.74) is 4.83. The first-order valence-electron chi connectivity index (χ1n) is 12.2. The van der Waals surface area contributed by atoms with Crippen molar-refractivity contribution in [1.82, 2.24) is 14.9 Å². The highest BCUT2D eigenvalue weighted by atomic mass is 32.1. The molecule has 0 bridgehead atoms. The summed E-state index contributed by atoms with van der Waals surface area (Å²) in [6.45, 7) is 5.93. The largest absolute Gasteiger partial charge is 0.497 e. The predicted molar refractivity (Wildman–Crippen MR) is 136 cm³/mol. The maximum atomic E-state index is 13.1. The van der Waals surface area contributed by atoms with E-state index in [1.54, 1.807) is 18.4 Å². The van der Waals surface area contributed by atoms with Crippen LogP contribution in [0.1, 0.15) is 67.9 Å². The number of amides is 1. The van der Waals surface area contributed by atoms with Crippen molar-refractivity contribution in [2.75, 3.05) is 13.7 Å².